The molecule has 2 heterocycles. The lowest BCUT2D eigenvalue weighted by Gasteiger charge is -2.29. The van der Waals surface area contributed by atoms with Crippen LogP contribution >= 0.6 is 15.9 Å². The number of nitrogens with two attached hydrogens (primary N) is 1. The summed E-state index contributed by atoms with van der Waals surface area (Å²) in [4.78, 5) is 15.4. The zero-order valence-corrected chi connectivity index (χ0v) is 12.4. The van der Waals surface area contributed by atoms with Gasteiger partial charge in [0.1, 0.15) is 5.82 Å². The molecule has 2 N–H and O–H groups in total. The lowest BCUT2D eigenvalue weighted by Crippen LogP contribution is -2.37. The van der Waals surface area contributed by atoms with Crippen molar-refractivity contribution in [3.8, 4) is 0 Å². The van der Waals surface area contributed by atoms with Gasteiger partial charge in [-0.25, -0.2) is 9.18 Å². The average Bonchev–Trinajstić information content (AvgIpc) is 2.64. The largest absolute Gasteiger partial charge is 0.383 e. The summed E-state index contributed by atoms with van der Waals surface area (Å²) >= 11 is 3.38. The molecular weight excluding hydrogens is 317 g/mol. The van der Waals surface area contributed by atoms with Gasteiger partial charge < -0.3 is 10.5 Å². The molecule has 1 aliphatic rings. The van der Waals surface area contributed by atoms with Gasteiger partial charge in [-0.3, -0.25) is 4.57 Å². The number of nitrogen functional groups attached to an aromatic ring is 1. The lowest BCUT2D eigenvalue weighted by atomic mass is 9.87. The number of hydrogen-bond acceptors (Lipinski definition) is 4. The first-order valence-corrected chi connectivity index (χ1v) is 7.30. The SMILES string of the molecule is CC[C@@]1(CBr)O[C@@H](n2ccc(N)nc2=O)[C@@H](F)[C@@H]1C. The number of nitrogens with zero attached hydrogens (tertiary/aromatic N) is 2. The molecule has 0 radical (unpaired) electrons. The van der Waals surface area contributed by atoms with Gasteiger partial charge in [-0.15, -0.1) is 0 Å². The van der Waals surface area contributed by atoms with Gasteiger partial charge in [-0.1, -0.05) is 29.8 Å². The van der Waals surface area contributed by atoms with Gasteiger partial charge in [-0.2, -0.15) is 4.98 Å². The topological polar surface area (TPSA) is 70.1 Å². The highest BCUT2D eigenvalue weighted by Crippen LogP contribution is 2.45. The fourth-order valence-electron chi connectivity index (χ4n) is 2.43. The molecule has 0 spiro atoms. The van der Waals surface area contributed by atoms with Crippen LogP contribution in [-0.4, -0.2) is 26.7 Å². The van der Waals surface area contributed by atoms with E-state index in [-0.39, 0.29) is 11.7 Å². The molecule has 0 aromatic carbocycles. The zero-order valence-electron chi connectivity index (χ0n) is 10.8. The van der Waals surface area contributed by atoms with Crippen LogP contribution in [0.1, 0.15) is 26.5 Å². The minimum Gasteiger partial charge on any atom is -0.383 e. The maximum absolute atomic E-state index is 14.5. The van der Waals surface area contributed by atoms with Gasteiger partial charge >= 0.3 is 5.69 Å². The van der Waals surface area contributed by atoms with Gasteiger partial charge in [0.25, 0.3) is 0 Å². The number of rotatable bonds is 3. The Balaban J connectivity index is 2.39. The molecule has 0 saturated carbocycles. The summed E-state index contributed by atoms with van der Waals surface area (Å²) in [5.74, 6) is -0.198. The summed E-state index contributed by atoms with van der Waals surface area (Å²) in [6.07, 6.45) is -0.129. The summed E-state index contributed by atoms with van der Waals surface area (Å²) in [6, 6.07) is 1.46. The van der Waals surface area contributed by atoms with E-state index in [9.17, 15) is 9.18 Å². The van der Waals surface area contributed by atoms with E-state index in [0.29, 0.717) is 11.8 Å². The normalized spacial score (nSPS) is 34.6. The van der Waals surface area contributed by atoms with Gasteiger partial charge in [0.05, 0.1) is 5.60 Å². The van der Waals surface area contributed by atoms with Gasteiger partial charge in [0, 0.05) is 17.4 Å². The fraction of sp³-hybridized carbons (Fsp3) is 0.667. The number of ether oxygens (including phenoxy) is 1. The molecule has 1 aromatic rings. The highest BCUT2D eigenvalue weighted by Gasteiger charge is 2.52. The minimum atomic E-state index is -1.26. The molecule has 1 aromatic heterocycles. The first kappa shape index (κ1) is 14.5. The average molecular weight is 334 g/mol. The van der Waals surface area contributed by atoms with Crippen LogP contribution in [0.15, 0.2) is 17.1 Å². The summed E-state index contributed by atoms with van der Waals surface area (Å²) in [7, 11) is 0. The molecule has 2 rings (SSSR count). The zero-order chi connectivity index (χ0) is 14.2. The Bertz CT molecular complexity index is 518. The van der Waals surface area contributed by atoms with Gasteiger partial charge in [0.15, 0.2) is 12.4 Å². The highest BCUT2D eigenvalue weighted by atomic mass is 79.9. The first-order valence-electron chi connectivity index (χ1n) is 6.17. The van der Waals surface area contributed by atoms with E-state index < -0.39 is 23.7 Å². The Kier molecular flexibility index (Phi) is 3.96. The molecule has 7 heteroatoms. The molecule has 4 atom stereocenters. The van der Waals surface area contributed by atoms with Crippen LogP contribution in [0.25, 0.3) is 0 Å². The molecule has 1 saturated heterocycles. The number of anilines is 1. The predicted octanol–water partition coefficient (Wildman–Crippen LogP) is 1.87. The second-order valence-electron chi connectivity index (χ2n) is 4.84. The molecule has 1 fully saturated rings. The van der Waals surface area contributed by atoms with Crippen LogP contribution in [0.5, 0.6) is 0 Å². The van der Waals surface area contributed by atoms with Crippen LogP contribution in [0.4, 0.5) is 10.2 Å². The van der Waals surface area contributed by atoms with E-state index in [0.717, 1.165) is 4.57 Å². The van der Waals surface area contributed by atoms with Gasteiger partial charge in [-0.05, 0) is 12.5 Å². The molecule has 106 valence electrons. The smallest absolute Gasteiger partial charge is 0.351 e. The predicted molar refractivity (Wildman–Crippen MR) is 73.9 cm³/mol. The van der Waals surface area contributed by atoms with Crippen molar-refractivity contribution in [3.63, 3.8) is 0 Å². The summed E-state index contributed by atoms with van der Waals surface area (Å²) in [5, 5.41) is 0.520. The lowest BCUT2D eigenvalue weighted by molar-refractivity contribution is -0.0773. The van der Waals surface area contributed by atoms with Crippen molar-refractivity contribution in [2.75, 3.05) is 11.1 Å². The van der Waals surface area contributed by atoms with Crippen molar-refractivity contribution in [1.29, 1.82) is 0 Å². The minimum absolute atomic E-state index is 0.116. The molecule has 0 aliphatic carbocycles. The Morgan fingerprint density at radius 1 is 1.68 bits per heavy atom. The van der Waals surface area contributed by atoms with Gasteiger partial charge in [0.2, 0.25) is 0 Å². The van der Waals surface area contributed by atoms with Crippen LogP contribution in [0.2, 0.25) is 0 Å². The Labute approximate surface area is 119 Å². The third-order valence-corrected chi connectivity index (χ3v) is 4.83. The molecule has 0 bridgehead atoms. The van der Waals surface area contributed by atoms with Crippen molar-refractivity contribution in [1.82, 2.24) is 9.55 Å². The molecule has 0 unspecified atom stereocenters. The Morgan fingerprint density at radius 3 is 2.84 bits per heavy atom. The monoisotopic (exact) mass is 333 g/mol. The Morgan fingerprint density at radius 2 is 2.37 bits per heavy atom. The number of hydrogen-bond donors (Lipinski definition) is 1. The summed E-state index contributed by atoms with van der Waals surface area (Å²) in [6.45, 7) is 3.74. The third kappa shape index (κ3) is 2.29. The maximum Gasteiger partial charge on any atom is 0.351 e. The van der Waals surface area contributed by atoms with Crippen molar-refractivity contribution in [2.24, 2.45) is 5.92 Å². The van der Waals surface area contributed by atoms with Crippen LogP contribution in [0.3, 0.4) is 0 Å². The van der Waals surface area contributed by atoms with Crippen molar-refractivity contribution >= 4 is 21.7 Å². The number of alkyl halides is 2. The van der Waals surface area contributed by atoms with Crippen molar-refractivity contribution < 1.29 is 9.13 Å². The fourth-order valence-corrected chi connectivity index (χ4v) is 3.47. The van der Waals surface area contributed by atoms with Crippen molar-refractivity contribution in [2.45, 2.75) is 38.3 Å². The number of aromatic nitrogens is 2. The summed E-state index contributed by atoms with van der Waals surface area (Å²) in [5.41, 5.74) is 4.23. The van der Waals surface area contributed by atoms with Crippen LogP contribution in [0, 0.1) is 5.92 Å². The molecule has 0 amide bonds. The van der Waals surface area contributed by atoms with E-state index in [1.807, 2.05) is 6.92 Å². The standard InChI is InChI=1S/C12H17BrFN3O2/c1-3-12(6-13)7(2)9(14)10(19-12)17-5-4-8(15)16-11(17)18/h4-5,7,9-10H,3,6H2,1-2H3,(H2,15,16,18)/t7-,9-,10+,12-/m0/s1. The second-order valence-corrected chi connectivity index (χ2v) is 5.40. The molecular formula is C12H17BrFN3O2. The first-order chi connectivity index (χ1) is 8.95. The van der Waals surface area contributed by atoms with E-state index in [1.54, 1.807) is 6.92 Å². The molecule has 5 nitrogen and oxygen atoms in total. The van der Waals surface area contributed by atoms with Crippen LogP contribution in [-0.2, 0) is 4.74 Å². The number of halogens is 2. The quantitative estimate of drug-likeness (QED) is 0.857. The molecule has 1 aliphatic heterocycles. The summed E-state index contributed by atoms with van der Waals surface area (Å²) < 4.78 is 21.5. The second kappa shape index (κ2) is 5.20. The van der Waals surface area contributed by atoms with E-state index >= 15 is 0 Å². The van der Waals surface area contributed by atoms with E-state index in [4.69, 9.17) is 10.5 Å². The van der Waals surface area contributed by atoms with Crippen LogP contribution < -0.4 is 11.4 Å². The maximum atomic E-state index is 14.5. The Hall–Kier alpha value is -0.950. The highest BCUT2D eigenvalue weighted by molar-refractivity contribution is 9.09. The third-order valence-electron chi connectivity index (χ3n) is 3.89. The van der Waals surface area contributed by atoms with E-state index in [1.165, 1.54) is 12.3 Å². The van der Waals surface area contributed by atoms with E-state index in [2.05, 4.69) is 20.9 Å². The van der Waals surface area contributed by atoms with Crippen molar-refractivity contribution in [3.05, 3.63) is 22.7 Å². The molecule has 19 heavy (non-hydrogen) atoms.